The molecule has 0 aromatic heterocycles. The Morgan fingerprint density at radius 3 is 2.00 bits per heavy atom. The summed E-state index contributed by atoms with van der Waals surface area (Å²) in [6.45, 7) is 0. The summed E-state index contributed by atoms with van der Waals surface area (Å²) in [7, 11) is -1.97. The van der Waals surface area contributed by atoms with Crippen molar-refractivity contribution in [2.75, 3.05) is 0 Å². The fraction of sp³-hybridized carbons (Fsp3) is 0. The first-order valence-electron chi connectivity index (χ1n) is 1.48. The average Bonchev–Trinajstić information content (AvgIpc) is 1.27. The number of hydrogen-bond donors (Lipinski definition) is 4. The number of rotatable bonds is 1. The zero-order chi connectivity index (χ0) is 5.86. The summed E-state index contributed by atoms with van der Waals surface area (Å²) < 4.78 is 0. The van der Waals surface area contributed by atoms with Crippen LogP contribution in [0.5, 0.6) is 0 Å². The summed E-state index contributed by atoms with van der Waals surface area (Å²) in [5.74, 6) is 0. The minimum atomic E-state index is -1.97. The molecule has 1 amide bonds. The molecule has 0 aromatic rings. The molecule has 0 aromatic carbocycles. The first-order valence-corrected chi connectivity index (χ1v) is 1.48. The summed E-state index contributed by atoms with van der Waals surface area (Å²) in [4.78, 5) is 9.38. The van der Waals surface area contributed by atoms with Gasteiger partial charge in [-0.2, -0.15) is 0 Å². The van der Waals surface area contributed by atoms with Gasteiger partial charge in [0.1, 0.15) is 0 Å². The highest BCUT2D eigenvalue weighted by atomic mass is 16.4. The van der Waals surface area contributed by atoms with Crippen molar-refractivity contribution in [1.82, 2.24) is 5.23 Å². The molecular weight excluding hydrogens is 101 g/mol. The van der Waals surface area contributed by atoms with Crippen molar-refractivity contribution in [2.24, 2.45) is 0 Å². The fourth-order valence-corrected chi connectivity index (χ4v) is 0.110. The summed E-state index contributed by atoms with van der Waals surface area (Å²) in [5, 5.41) is 24.6. The van der Waals surface area contributed by atoms with Gasteiger partial charge >= 0.3 is 13.3 Å². The maximum absolute atomic E-state index is 9.38. The van der Waals surface area contributed by atoms with Crippen molar-refractivity contribution in [3.63, 3.8) is 0 Å². The number of amides is 1. The van der Waals surface area contributed by atoms with Crippen LogP contribution in [0.3, 0.4) is 0 Å². The van der Waals surface area contributed by atoms with E-state index in [0.29, 0.717) is 0 Å². The number of carbonyl (C=O) groups is 1. The molecule has 5 nitrogen and oxygen atoms in total. The molecule has 6 heteroatoms. The monoisotopic (exact) mass is 105 g/mol. The van der Waals surface area contributed by atoms with Gasteiger partial charge in [0.25, 0.3) is 0 Å². The predicted molar refractivity (Wildman–Crippen MR) is 21.4 cm³/mol. The minimum Gasteiger partial charge on any atom is -0.466 e. The third-order valence-electron chi connectivity index (χ3n) is 0.253. The van der Waals surface area contributed by atoms with Gasteiger partial charge in [0.15, 0.2) is 0 Å². The summed E-state index contributed by atoms with van der Waals surface area (Å²) >= 11 is 0. The highest BCUT2D eigenvalue weighted by molar-refractivity contribution is 6.41. The lowest BCUT2D eigenvalue weighted by Gasteiger charge is -1.91. The van der Waals surface area contributed by atoms with Crippen molar-refractivity contribution in [2.45, 2.75) is 0 Å². The molecule has 0 rings (SSSR count). The van der Waals surface area contributed by atoms with E-state index in [1.54, 1.807) is 0 Å². The molecule has 0 unspecified atom stereocenters. The number of hydrogen-bond acceptors (Lipinski definition) is 3. The maximum Gasteiger partial charge on any atom is 0.590 e. The van der Waals surface area contributed by atoms with Crippen molar-refractivity contribution in [3.05, 3.63) is 0 Å². The average molecular weight is 105 g/mol. The second-order valence-corrected chi connectivity index (χ2v) is 0.823. The third kappa shape index (κ3) is 5.25. The van der Waals surface area contributed by atoms with E-state index in [2.05, 4.69) is 0 Å². The Morgan fingerprint density at radius 2 is 2.00 bits per heavy atom. The van der Waals surface area contributed by atoms with E-state index >= 15 is 0 Å². The van der Waals surface area contributed by atoms with E-state index in [-0.39, 0.29) is 0 Å². The molecule has 0 fully saturated rings. The molecule has 0 heterocycles. The highest BCUT2D eigenvalue weighted by Crippen LogP contribution is 1.58. The second kappa shape index (κ2) is 2.43. The molecule has 7 heavy (non-hydrogen) atoms. The number of nitrogens with one attached hydrogen (secondary N) is 1. The molecular formula is CH4BNO4. The zero-order valence-electron chi connectivity index (χ0n) is 3.33. The van der Waals surface area contributed by atoms with Gasteiger partial charge in [-0.1, -0.05) is 0 Å². The van der Waals surface area contributed by atoms with E-state index in [9.17, 15) is 4.79 Å². The van der Waals surface area contributed by atoms with Crippen LogP contribution < -0.4 is 5.23 Å². The SMILES string of the molecule is O=C(O)NB(O)O. The standard InChI is InChI=1S/CH4BNO4/c4-1(5)3-2(6)7/h3,6-7H,(H,4,5). The van der Waals surface area contributed by atoms with Crippen LogP contribution in [0.25, 0.3) is 0 Å². The van der Waals surface area contributed by atoms with Crippen LogP contribution in [-0.4, -0.2) is 28.5 Å². The topological polar surface area (TPSA) is 89.8 Å². The highest BCUT2D eigenvalue weighted by Gasteiger charge is 2.08. The van der Waals surface area contributed by atoms with E-state index in [0.717, 1.165) is 0 Å². The van der Waals surface area contributed by atoms with Crippen LogP contribution in [-0.2, 0) is 0 Å². The lowest BCUT2D eigenvalue weighted by atomic mass is 10.2. The largest absolute Gasteiger partial charge is 0.590 e. The molecule has 4 N–H and O–H groups in total. The molecule has 0 spiro atoms. The minimum absolute atomic E-state index is 1.33. The van der Waals surface area contributed by atoms with Crippen LogP contribution in [0.2, 0.25) is 0 Å². The molecule has 0 saturated carbocycles. The van der Waals surface area contributed by atoms with Gasteiger partial charge in [0, 0.05) is 0 Å². The van der Waals surface area contributed by atoms with Crippen LogP contribution in [0, 0.1) is 0 Å². The molecule has 0 aliphatic heterocycles. The zero-order valence-corrected chi connectivity index (χ0v) is 3.33. The van der Waals surface area contributed by atoms with E-state index in [4.69, 9.17) is 15.2 Å². The van der Waals surface area contributed by atoms with Crippen molar-refractivity contribution in [1.29, 1.82) is 0 Å². The van der Waals surface area contributed by atoms with E-state index < -0.39 is 13.3 Å². The van der Waals surface area contributed by atoms with Crippen molar-refractivity contribution in [3.8, 4) is 0 Å². The van der Waals surface area contributed by atoms with Crippen LogP contribution >= 0.6 is 0 Å². The Kier molecular flexibility index (Phi) is 2.17. The maximum atomic E-state index is 9.38. The van der Waals surface area contributed by atoms with Crippen LogP contribution in [0.1, 0.15) is 0 Å². The Labute approximate surface area is 39.7 Å². The second-order valence-electron chi connectivity index (χ2n) is 0.823. The number of carboxylic acid groups (broad SMARTS) is 1. The normalized spacial score (nSPS) is 7.71. The molecule has 40 valence electrons. The van der Waals surface area contributed by atoms with Gasteiger partial charge in [-0.15, -0.1) is 0 Å². The molecule has 0 aliphatic rings. The summed E-state index contributed by atoms with van der Waals surface area (Å²) in [6, 6.07) is 0. The van der Waals surface area contributed by atoms with E-state index in [1.807, 2.05) is 0 Å². The van der Waals surface area contributed by atoms with Gasteiger partial charge in [0.2, 0.25) is 0 Å². The lowest BCUT2D eigenvalue weighted by Crippen LogP contribution is -2.37. The fourth-order valence-electron chi connectivity index (χ4n) is 0.110. The first kappa shape index (κ1) is 6.25. The quantitative estimate of drug-likeness (QED) is 0.297. The first-order chi connectivity index (χ1) is 3.13. The molecule has 0 saturated heterocycles. The van der Waals surface area contributed by atoms with E-state index in [1.165, 1.54) is 5.23 Å². The summed E-state index contributed by atoms with van der Waals surface area (Å²) in [6.07, 6.45) is -1.46. The molecule has 0 radical (unpaired) electrons. The van der Waals surface area contributed by atoms with Crippen molar-refractivity contribution >= 4 is 13.3 Å². The Balaban J connectivity index is 3.13. The van der Waals surface area contributed by atoms with Crippen molar-refractivity contribution < 1.29 is 19.9 Å². The molecule has 0 atom stereocenters. The van der Waals surface area contributed by atoms with Crippen LogP contribution in [0.15, 0.2) is 0 Å². The Bertz CT molecular complexity index is 72.1. The molecule has 0 bridgehead atoms. The summed E-state index contributed by atoms with van der Waals surface area (Å²) in [5.41, 5.74) is 0. The molecule has 0 aliphatic carbocycles. The van der Waals surface area contributed by atoms with Gasteiger partial charge in [-0.3, -0.25) is 0 Å². The van der Waals surface area contributed by atoms with Gasteiger partial charge in [0.05, 0.1) is 0 Å². The third-order valence-corrected chi connectivity index (χ3v) is 0.253. The van der Waals surface area contributed by atoms with Gasteiger partial charge in [-0.05, 0) is 0 Å². The Morgan fingerprint density at radius 1 is 1.57 bits per heavy atom. The smallest absolute Gasteiger partial charge is 0.466 e. The lowest BCUT2D eigenvalue weighted by molar-refractivity contribution is 0.197. The van der Waals surface area contributed by atoms with Gasteiger partial charge in [-0.25, -0.2) is 4.79 Å². The van der Waals surface area contributed by atoms with Crippen LogP contribution in [0.4, 0.5) is 4.79 Å². The van der Waals surface area contributed by atoms with Gasteiger partial charge < -0.3 is 20.4 Å². The Hall–Kier alpha value is -0.745. The predicted octanol–water partition coefficient (Wildman–Crippen LogP) is -1.78.